The van der Waals surface area contributed by atoms with Gasteiger partial charge < -0.3 is 20.2 Å². The van der Waals surface area contributed by atoms with Gasteiger partial charge in [-0.15, -0.1) is 0 Å². The maximum atomic E-state index is 12.3. The normalized spacial score (nSPS) is 18.8. The largest absolute Gasteiger partial charge is 0.481 e. The number of carboxylic acid groups (broad SMARTS) is 1. The molecule has 8 heteroatoms. The number of carbonyl (C=O) groups is 4. The summed E-state index contributed by atoms with van der Waals surface area (Å²) in [6.07, 6.45) is 1.00. The number of nitrogens with one attached hydrogen (secondary N) is 1. The minimum absolute atomic E-state index is 0.0252. The van der Waals surface area contributed by atoms with E-state index in [1.807, 2.05) is 6.07 Å². The average Bonchev–Trinajstić information content (AvgIpc) is 3.18. The molecule has 0 radical (unpaired) electrons. The molecule has 0 heterocycles. The number of likely N-dealkylation sites (N-methyl/N-ethyl adjacent to an activating group) is 1. The van der Waals surface area contributed by atoms with Crippen molar-refractivity contribution in [3.8, 4) is 0 Å². The lowest BCUT2D eigenvalue weighted by Crippen LogP contribution is -2.23. The first-order chi connectivity index (χ1) is 12.9. The molecule has 1 aliphatic carbocycles. The number of carbonyl (C=O) groups excluding carboxylic acids is 3. The summed E-state index contributed by atoms with van der Waals surface area (Å²) in [4.78, 5) is 47.6. The summed E-state index contributed by atoms with van der Waals surface area (Å²) in [5.41, 5.74) is 0.839. The first-order valence-electron chi connectivity index (χ1n) is 8.86. The monoisotopic (exact) mass is 391 g/mol. The van der Waals surface area contributed by atoms with Crippen LogP contribution >= 0.6 is 0 Å². The Balaban J connectivity index is 0.000000696. The lowest BCUT2D eigenvalue weighted by molar-refractivity contribution is -0.140. The second-order valence-electron chi connectivity index (χ2n) is 7.84. The van der Waals surface area contributed by atoms with E-state index in [1.165, 1.54) is 9.80 Å². The zero-order valence-electron chi connectivity index (χ0n) is 17.2. The topological polar surface area (TPSA) is 107 Å². The first kappa shape index (κ1) is 23.1. The molecule has 28 heavy (non-hydrogen) atoms. The van der Waals surface area contributed by atoms with E-state index in [-0.39, 0.29) is 18.2 Å². The number of benzene rings is 1. The highest BCUT2D eigenvalue weighted by molar-refractivity contribution is 5.99. The SMILES string of the molecule is CN(C)C(=O)Cc1cccc(NC(=O)C2C(C(=O)O)C2(C)C)c1.CN(C)C=O. The van der Waals surface area contributed by atoms with Gasteiger partial charge in [0, 0.05) is 33.9 Å². The van der Waals surface area contributed by atoms with Gasteiger partial charge in [0.2, 0.25) is 18.2 Å². The number of anilines is 1. The maximum Gasteiger partial charge on any atom is 0.307 e. The van der Waals surface area contributed by atoms with Crippen LogP contribution in [0.1, 0.15) is 19.4 Å². The molecule has 2 atom stereocenters. The van der Waals surface area contributed by atoms with Crippen molar-refractivity contribution in [2.75, 3.05) is 33.5 Å². The van der Waals surface area contributed by atoms with E-state index >= 15 is 0 Å². The van der Waals surface area contributed by atoms with Crippen molar-refractivity contribution >= 4 is 29.9 Å². The van der Waals surface area contributed by atoms with Crippen LogP contribution in [0.4, 0.5) is 5.69 Å². The third kappa shape index (κ3) is 6.07. The van der Waals surface area contributed by atoms with Crippen molar-refractivity contribution in [3.05, 3.63) is 29.8 Å². The molecule has 1 aliphatic rings. The molecule has 0 aliphatic heterocycles. The molecule has 1 fully saturated rings. The van der Waals surface area contributed by atoms with Crippen LogP contribution in [-0.2, 0) is 25.6 Å². The van der Waals surface area contributed by atoms with E-state index in [9.17, 15) is 19.2 Å². The predicted molar refractivity (Wildman–Crippen MR) is 106 cm³/mol. The molecule has 8 nitrogen and oxygen atoms in total. The molecule has 0 spiro atoms. The van der Waals surface area contributed by atoms with Crippen LogP contribution in [0, 0.1) is 17.3 Å². The van der Waals surface area contributed by atoms with Crippen LogP contribution in [-0.4, -0.2) is 67.3 Å². The molecule has 1 aromatic rings. The smallest absolute Gasteiger partial charge is 0.307 e. The van der Waals surface area contributed by atoms with E-state index in [1.54, 1.807) is 60.2 Å². The van der Waals surface area contributed by atoms with Crippen LogP contribution in [0.3, 0.4) is 0 Å². The van der Waals surface area contributed by atoms with Gasteiger partial charge in [-0.2, -0.15) is 0 Å². The quantitative estimate of drug-likeness (QED) is 0.711. The lowest BCUT2D eigenvalue weighted by Gasteiger charge is -2.11. The molecule has 0 aromatic heterocycles. The Labute approximate surface area is 165 Å². The van der Waals surface area contributed by atoms with Crippen molar-refractivity contribution in [1.82, 2.24) is 9.80 Å². The van der Waals surface area contributed by atoms with Crippen LogP contribution < -0.4 is 5.32 Å². The Kier molecular flexibility index (Phi) is 7.72. The standard InChI is InChI=1S/C17H22N2O4.C3H7NO/c1-17(2)13(14(17)16(22)23)15(21)18-11-7-5-6-10(8-11)9-12(20)19(3)4;1-4(2)3-5/h5-8,13-14H,9H2,1-4H3,(H,18,21)(H,22,23);3H,1-2H3. The summed E-state index contributed by atoms with van der Waals surface area (Å²) < 4.78 is 0. The number of aliphatic carboxylic acids is 1. The summed E-state index contributed by atoms with van der Waals surface area (Å²) in [6.45, 7) is 3.56. The van der Waals surface area contributed by atoms with E-state index < -0.39 is 23.2 Å². The molecule has 2 rings (SSSR count). The highest BCUT2D eigenvalue weighted by atomic mass is 16.4. The molecule has 2 unspecified atom stereocenters. The minimum Gasteiger partial charge on any atom is -0.481 e. The van der Waals surface area contributed by atoms with Crippen molar-refractivity contribution < 1.29 is 24.3 Å². The third-order valence-electron chi connectivity index (χ3n) is 4.64. The highest BCUT2D eigenvalue weighted by Crippen LogP contribution is 2.58. The van der Waals surface area contributed by atoms with Crippen LogP contribution in [0.25, 0.3) is 0 Å². The molecule has 0 bridgehead atoms. The molecular formula is C20H29N3O5. The maximum absolute atomic E-state index is 12.3. The number of nitrogens with zero attached hydrogens (tertiary/aromatic N) is 2. The fraction of sp³-hybridized carbons (Fsp3) is 0.500. The van der Waals surface area contributed by atoms with Gasteiger partial charge in [0.25, 0.3) is 0 Å². The molecule has 1 saturated carbocycles. The predicted octanol–water partition coefficient (Wildman–Crippen LogP) is 1.32. The molecule has 2 N–H and O–H groups in total. The summed E-state index contributed by atoms with van der Waals surface area (Å²) in [6, 6.07) is 7.05. The van der Waals surface area contributed by atoms with Crippen LogP contribution in [0.5, 0.6) is 0 Å². The zero-order valence-corrected chi connectivity index (χ0v) is 17.2. The summed E-state index contributed by atoms with van der Waals surface area (Å²) in [5, 5.41) is 11.9. The Hall–Kier alpha value is -2.90. The van der Waals surface area contributed by atoms with Crippen molar-refractivity contribution in [3.63, 3.8) is 0 Å². The number of hydrogen-bond donors (Lipinski definition) is 2. The summed E-state index contributed by atoms with van der Waals surface area (Å²) in [5.74, 6) is -2.45. The number of amides is 3. The minimum atomic E-state index is -0.944. The van der Waals surface area contributed by atoms with Gasteiger partial charge >= 0.3 is 5.97 Å². The lowest BCUT2D eigenvalue weighted by atomic mass is 10.1. The molecular weight excluding hydrogens is 362 g/mol. The van der Waals surface area contributed by atoms with Gasteiger partial charge in [0.05, 0.1) is 18.3 Å². The van der Waals surface area contributed by atoms with Crippen molar-refractivity contribution in [1.29, 1.82) is 0 Å². The number of rotatable bonds is 6. The second kappa shape index (κ2) is 9.34. The molecule has 1 aromatic carbocycles. The fourth-order valence-corrected chi connectivity index (χ4v) is 2.90. The van der Waals surface area contributed by atoms with Gasteiger partial charge in [-0.1, -0.05) is 26.0 Å². The number of carboxylic acids is 1. The van der Waals surface area contributed by atoms with Crippen molar-refractivity contribution in [2.45, 2.75) is 20.3 Å². The highest BCUT2D eigenvalue weighted by Gasteiger charge is 2.65. The van der Waals surface area contributed by atoms with Gasteiger partial charge in [0.1, 0.15) is 0 Å². The zero-order chi connectivity index (χ0) is 21.6. The summed E-state index contributed by atoms with van der Waals surface area (Å²) in [7, 11) is 6.75. The van der Waals surface area contributed by atoms with Crippen molar-refractivity contribution in [2.24, 2.45) is 17.3 Å². The van der Waals surface area contributed by atoms with Gasteiger partial charge in [-0.25, -0.2) is 0 Å². The molecule has 0 saturated heterocycles. The van der Waals surface area contributed by atoms with Crippen LogP contribution in [0.2, 0.25) is 0 Å². The number of hydrogen-bond acceptors (Lipinski definition) is 4. The van der Waals surface area contributed by atoms with Crippen LogP contribution in [0.15, 0.2) is 24.3 Å². The van der Waals surface area contributed by atoms with E-state index in [0.717, 1.165) is 12.0 Å². The first-order valence-corrected chi connectivity index (χ1v) is 8.86. The van der Waals surface area contributed by atoms with Gasteiger partial charge in [-0.3, -0.25) is 19.2 Å². The molecule has 154 valence electrons. The second-order valence-corrected chi connectivity index (χ2v) is 7.84. The van der Waals surface area contributed by atoms with E-state index in [4.69, 9.17) is 5.11 Å². The average molecular weight is 391 g/mol. The van der Waals surface area contributed by atoms with E-state index in [0.29, 0.717) is 5.69 Å². The Morgan fingerprint density at radius 3 is 2.14 bits per heavy atom. The Bertz CT molecular complexity index is 743. The Morgan fingerprint density at radius 2 is 1.71 bits per heavy atom. The van der Waals surface area contributed by atoms with E-state index in [2.05, 4.69) is 5.32 Å². The summed E-state index contributed by atoms with van der Waals surface area (Å²) >= 11 is 0. The fourth-order valence-electron chi connectivity index (χ4n) is 2.90. The third-order valence-corrected chi connectivity index (χ3v) is 4.64. The Morgan fingerprint density at radius 1 is 1.14 bits per heavy atom. The van der Waals surface area contributed by atoms with Gasteiger partial charge in [0.15, 0.2) is 0 Å². The van der Waals surface area contributed by atoms with Gasteiger partial charge in [-0.05, 0) is 23.1 Å². The molecule has 3 amide bonds.